The number of benzene rings is 2. The minimum absolute atomic E-state index is 0.119. The fourth-order valence-corrected chi connectivity index (χ4v) is 3.84. The molecule has 1 aromatic heterocycles. The molecule has 1 fully saturated rings. The molecule has 0 radical (unpaired) electrons. The van der Waals surface area contributed by atoms with E-state index < -0.39 is 0 Å². The zero-order valence-corrected chi connectivity index (χ0v) is 16.5. The molecule has 1 heterocycles. The van der Waals surface area contributed by atoms with Gasteiger partial charge in [0, 0.05) is 5.92 Å². The van der Waals surface area contributed by atoms with Gasteiger partial charge in [0.25, 0.3) is 5.56 Å². The first-order chi connectivity index (χ1) is 14.3. The van der Waals surface area contributed by atoms with Gasteiger partial charge < -0.3 is 4.74 Å². The first-order valence-corrected chi connectivity index (χ1v) is 10.2. The maximum absolute atomic E-state index is 13.2. The smallest absolute Gasteiger partial charge is 0.282 e. The Balaban J connectivity index is 1.75. The van der Waals surface area contributed by atoms with Crippen LogP contribution in [0.1, 0.15) is 49.4 Å². The molecule has 0 atom stereocenters. The Morgan fingerprint density at radius 1 is 1.14 bits per heavy atom. The zero-order chi connectivity index (χ0) is 20.1. The lowest BCUT2D eigenvalue weighted by molar-refractivity contribution is 0.363. The lowest BCUT2D eigenvalue weighted by atomic mass is 9.88. The molecule has 2 aromatic carbocycles. The molecule has 1 aliphatic rings. The van der Waals surface area contributed by atoms with E-state index >= 15 is 0 Å². The lowest BCUT2D eigenvalue weighted by Crippen LogP contribution is -2.25. The monoisotopic (exact) mass is 387 g/mol. The Morgan fingerprint density at radius 3 is 2.79 bits per heavy atom. The van der Waals surface area contributed by atoms with Crippen LogP contribution in [0.4, 0.5) is 0 Å². The van der Waals surface area contributed by atoms with Crippen molar-refractivity contribution < 1.29 is 4.74 Å². The Bertz CT molecular complexity index is 1090. The molecule has 0 bridgehead atoms. The molecular weight excluding hydrogens is 362 g/mol. The second-order valence-corrected chi connectivity index (χ2v) is 7.36. The van der Waals surface area contributed by atoms with E-state index in [1.807, 2.05) is 48.5 Å². The second-order valence-electron chi connectivity index (χ2n) is 7.36. The molecule has 0 aliphatic heterocycles. The van der Waals surface area contributed by atoms with Gasteiger partial charge in [-0.25, -0.2) is 4.98 Å². The van der Waals surface area contributed by atoms with Crippen molar-refractivity contribution in [2.45, 2.75) is 38.0 Å². The van der Waals surface area contributed by atoms with Crippen LogP contribution in [0.2, 0.25) is 0 Å². The van der Waals surface area contributed by atoms with E-state index in [0.29, 0.717) is 12.0 Å². The number of hydrogen-bond donors (Lipinski definition) is 0. The van der Waals surface area contributed by atoms with Crippen molar-refractivity contribution in [2.24, 2.45) is 5.10 Å². The van der Waals surface area contributed by atoms with Crippen molar-refractivity contribution in [2.75, 3.05) is 6.61 Å². The van der Waals surface area contributed by atoms with Crippen LogP contribution in [-0.2, 0) is 0 Å². The van der Waals surface area contributed by atoms with E-state index in [4.69, 9.17) is 9.72 Å². The van der Waals surface area contributed by atoms with Gasteiger partial charge in [0.1, 0.15) is 18.2 Å². The highest BCUT2D eigenvalue weighted by atomic mass is 16.5. The van der Waals surface area contributed by atoms with Gasteiger partial charge in [-0.3, -0.25) is 4.79 Å². The summed E-state index contributed by atoms with van der Waals surface area (Å²) >= 11 is 0. The van der Waals surface area contributed by atoms with Crippen molar-refractivity contribution in [1.82, 2.24) is 9.66 Å². The molecule has 148 valence electrons. The zero-order valence-electron chi connectivity index (χ0n) is 16.5. The minimum atomic E-state index is -0.119. The van der Waals surface area contributed by atoms with Gasteiger partial charge in [0.05, 0.1) is 17.1 Å². The van der Waals surface area contributed by atoms with Crippen LogP contribution in [0.5, 0.6) is 5.75 Å². The van der Waals surface area contributed by atoms with Gasteiger partial charge in [-0.15, -0.1) is 0 Å². The van der Waals surface area contributed by atoms with Crippen molar-refractivity contribution in [3.8, 4) is 5.75 Å². The van der Waals surface area contributed by atoms with Crippen molar-refractivity contribution in [1.29, 1.82) is 0 Å². The van der Waals surface area contributed by atoms with Crippen LogP contribution in [0.15, 0.2) is 71.1 Å². The average molecular weight is 387 g/mol. The van der Waals surface area contributed by atoms with Crippen LogP contribution in [0, 0.1) is 0 Å². The van der Waals surface area contributed by atoms with Crippen LogP contribution >= 0.6 is 0 Å². The third-order valence-electron chi connectivity index (χ3n) is 5.30. The summed E-state index contributed by atoms with van der Waals surface area (Å²) in [7, 11) is 0. The predicted molar refractivity (Wildman–Crippen MR) is 117 cm³/mol. The van der Waals surface area contributed by atoms with Crippen LogP contribution in [0.25, 0.3) is 10.9 Å². The van der Waals surface area contributed by atoms with E-state index in [1.165, 1.54) is 23.9 Å². The summed E-state index contributed by atoms with van der Waals surface area (Å²) in [6.45, 7) is 4.11. The molecule has 5 nitrogen and oxygen atoms in total. The van der Waals surface area contributed by atoms with E-state index in [-0.39, 0.29) is 11.5 Å². The Kier molecular flexibility index (Phi) is 5.84. The molecule has 0 amide bonds. The van der Waals surface area contributed by atoms with Gasteiger partial charge in [0.15, 0.2) is 0 Å². The standard InChI is InChI=1S/C24H25N3O2/c1-2-15-29-20-12-8-9-18(16-20)17-25-27-23(19-10-4-3-5-11-19)26-22-14-7-6-13-21(22)24(27)28/h2,6-9,12-14,16-17,19H,1,3-5,10-11,15H2. The molecule has 0 unspecified atom stereocenters. The predicted octanol–water partition coefficient (Wildman–Crippen LogP) is 4.89. The van der Waals surface area contributed by atoms with Crippen molar-refractivity contribution in [3.05, 3.63) is 82.9 Å². The van der Waals surface area contributed by atoms with Crippen LogP contribution in [-0.4, -0.2) is 22.5 Å². The second kappa shape index (κ2) is 8.86. The van der Waals surface area contributed by atoms with E-state index in [9.17, 15) is 4.79 Å². The molecule has 29 heavy (non-hydrogen) atoms. The third-order valence-corrected chi connectivity index (χ3v) is 5.30. The number of nitrogens with zero attached hydrogens (tertiary/aromatic N) is 3. The molecule has 0 N–H and O–H groups in total. The summed E-state index contributed by atoms with van der Waals surface area (Å²) < 4.78 is 7.08. The number of ether oxygens (including phenoxy) is 1. The average Bonchev–Trinajstić information content (AvgIpc) is 2.78. The van der Waals surface area contributed by atoms with Crippen LogP contribution < -0.4 is 10.3 Å². The number of hydrogen-bond acceptors (Lipinski definition) is 4. The summed E-state index contributed by atoms with van der Waals surface area (Å²) in [5, 5.41) is 5.15. The normalized spacial score (nSPS) is 15.0. The number of fused-ring (bicyclic) bond motifs is 1. The first kappa shape index (κ1) is 19.1. The summed E-state index contributed by atoms with van der Waals surface area (Å²) in [6.07, 6.45) is 9.08. The van der Waals surface area contributed by atoms with E-state index in [2.05, 4.69) is 11.7 Å². The van der Waals surface area contributed by atoms with E-state index in [1.54, 1.807) is 12.3 Å². The van der Waals surface area contributed by atoms with Gasteiger partial charge in [-0.1, -0.05) is 56.2 Å². The minimum Gasteiger partial charge on any atom is -0.490 e. The molecular formula is C24H25N3O2. The fraction of sp³-hybridized carbons (Fsp3) is 0.292. The molecule has 5 heteroatoms. The largest absolute Gasteiger partial charge is 0.490 e. The van der Waals surface area contributed by atoms with Crippen molar-refractivity contribution in [3.63, 3.8) is 0 Å². The number of para-hydroxylation sites is 1. The Morgan fingerprint density at radius 2 is 1.97 bits per heavy atom. The first-order valence-electron chi connectivity index (χ1n) is 10.2. The highest BCUT2D eigenvalue weighted by Crippen LogP contribution is 2.31. The molecule has 0 saturated heterocycles. The summed E-state index contributed by atoms with van der Waals surface area (Å²) in [4.78, 5) is 18.0. The molecule has 1 aliphatic carbocycles. The van der Waals surface area contributed by atoms with Gasteiger partial charge in [0.2, 0.25) is 0 Å². The Labute approximate surface area is 170 Å². The maximum Gasteiger partial charge on any atom is 0.282 e. The highest BCUT2D eigenvalue weighted by molar-refractivity contribution is 5.81. The summed E-state index contributed by atoms with van der Waals surface area (Å²) in [6, 6.07) is 15.1. The summed E-state index contributed by atoms with van der Waals surface area (Å²) in [5.74, 6) is 1.77. The molecule has 3 aromatic rings. The highest BCUT2D eigenvalue weighted by Gasteiger charge is 2.22. The molecule has 0 spiro atoms. The molecule has 4 rings (SSSR count). The quantitative estimate of drug-likeness (QED) is 0.447. The number of rotatable bonds is 6. The van der Waals surface area contributed by atoms with Gasteiger partial charge >= 0.3 is 0 Å². The topological polar surface area (TPSA) is 56.5 Å². The maximum atomic E-state index is 13.2. The lowest BCUT2D eigenvalue weighted by Gasteiger charge is -2.22. The van der Waals surface area contributed by atoms with Gasteiger partial charge in [-0.2, -0.15) is 9.78 Å². The van der Waals surface area contributed by atoms with Crippen LogP contribution in [0.3, 0.4) is 0 Å². The fourth-order valence-electron chi connectivity index (χ4n) is 3.84. The van der Waals surface area contributed by atoms with E-state index in [0.717, 1.165) is 35.5 Å². The summed E-state index contributed by atoms with van der Waals surface area (Å²) in [5.41, 5.74) is 1.48. The SMILES string of the molecule is C=CCOc1cccc(C=Nn2c(C3CCCCC3)nc3ccccc3c2=O)c1. The Hall–Kier alpha value is -3.21. The third kappa shape index (κ3) is 4.29. The van der Waals surface area contributed by atoms with Crippen molar-refractivity contribution >= 4 is 17.1 Å². The van der Waals surface area contributed by atoms with Gasteiger partial charge in [-0.05, 0) is 42.7 Å². The molecule has 1 saturated carbocycles. The number of aromatic nitrogens is 2.